The monoisotopic (exact) mass is 419 g/mol. The molecular weight excluding hydrogens is 390 g/mol. The first-order valence-corrected chi connectivity index (χ1v) is 11.0. The molecule has 2 aliphatic heterocycles. The van der Waals surface area contributed by atoms with Gasteiger partial charge < -0.3 is 15.1 Å². The highest BCUT2D eigenvalue weighted by molar-refractivity contribution is 5.89. The molecule has 0 bridgehead atoms. The first kappa shape index (κ1) is 21.1. The molecule has 1 N–H and O–H groups in total. The fourth-order valence-electron chi connectivity index (χ4n) is 4.37. The molecule has 6 heteroatoms. The van der Waals surface area contributed by atoms with Gasteiger partial charge in [0.1, 0.15) is 0 Å². The molecule has 2 aliphatic rings. The van der Waals surface area contributed by atoms with E-state index in [-0.39, 0.29) is 30.1 Å². The van der Waals surface area contributed by atoms with Gasteiger partial charge in [-0.3, -0.25) is 14.4 Å². The van der Waals surface area contributed by atoms with Gasteiger partial charge in [-0.05, 0) is 29.5 Å². The van der Waals surface area contributed by atoms with Gasteiger partial charge in [-0.2, -0.15) is 0 Å². The van der Waals surface area contributed by atoms with Crippen LogP contribution in [0.3, 0.4) is 0 Å². The minimum Gasteiger partial charge on any atom is -0.356 e. The van der Waals surface area contributed by atoms with Gasteiger partial charge in [0.25, 0.3) is 0 Å². The van der Waals surface area contributed by atoms with E-state index in [1.54, 1.807) is 4.90 Å². The topological polar surface area (TPSA) is 69.7 Å². The third kappa shape index (κ3) is 5.32. The summed E-state index contributed by atoms with van der Waals surface area (Å²) in [6.07, 6.45) is 2.18. The largest absolute Gasteiger partial charge is 0.356 e. The molecule has 31 heavy (non-hydrogen) atoms. The van der Waals surface area contributed by atoms with Gasteiger partial charge in [-0.25, -0.2) is 0 Å². The summed E-state index contributed by atoms with van der Waals surface area (Å²) in [7, 11) is 0. The van der Waals surface area contributed by atoms with E-state index in [0.717, 1.165) is 18.5 Å². The second-order valence-corrected chi connectivity index (χ2v) is 8.39. The lowest BCUT2D eigenvalue weighted by Crippen LogP contribution is -2.37. The van der Waals surface area contributed by atoms with Crippen LogP contribution in [0.4, 0.5) is 0 Å². The Morgan fingerprint density at radius 1 is 1.00 bits per heavy atom. The number of nitrogens with one attached hydrogen (secondary N) is 1. The predicted octanol–water partition coefficient (Wildman–Crippen LogP) is 2.52. The van der Waals surface area contributed by atoms with Crippen molar-refractivity contribution in [2.75, 3.05) is 19.6 Å². The van der Waals surface area contributed by atoms with Gasteiger partial charge in [-0.15, -0.1) is 0 Å². The molecule has 2 heterocycles. The van der Waals surface area contributed by atoms with Gasteiger partial charge >= 0.3 is 0 Å². The van der Waals surface area contributed by atoms with Crippen molar-refractivity contribution in [3.8, 4) is 0 Å². The molecule has 2 aromatic rings. The molecule has 0 aromatic heterocycles. The van der Waals surface area contributed by atoms with Crippen LogP contribution in [-0.2, 0) is 33.9 Å². The van der Waals surface area contributed by atoms with E-state index in [1.807, 2.05) is 47.4 Å². The summed E-state index contributed by atoms with van der Waals surface area (Å²) in [5, 5.41) is 2.91. The number of fused-ring (bicyclic) bond motifs is 1. The van der Waals surface area contributed by atoms with Crippen molar-refractivity contribution < 1.29 is 14.4 Å². The van der Waals surface area contributed by atoms with Gasteiger partial charge in [-0.1, -0.05) is 54.6 Å². The molecule has 1 atom stereocenters. The molecule has 3 amide bonds. The van der Waals surface area contributed by atoms with Crippen LogP contribution in [0.15, 0.2) is 54.6 Å². The average Bonchev–Trinajstić information content (AvgIpc) is 3.17. The van der Waals surface area contributed by atoms with E-state index in [0.29, 0.717) is 39.0 Å². The zero-order valence-electron chi connectivity index (χ0n) is 17.8. The summed E-state index contributed by atoms with van der Waals surface area (Å²) < 4.78 is 0. The normalized spacial score (nSPS) is 18.1. The molecule has 4 rings (SSSR count). The Morgan fingerprint density at radius 2 is 1.74 bits per heavy atom. The second kappa shape index (κ2) is 9.77. The van der Waals surface area contributed by atoms with Crippen molar-refractivity contribution >= 4 is 17.7 Å². The summed E-state index contributed by atoms with van der Waals surface area (Å²) >= 11 is 0. The molecule has 6 nitrogen and oxygen atoms in total. The Kier molecular flexibility index (Phi) is 6.65. The molecule has 1 fully saturated rings. The van der Waals surface area contributed by atoms with Crippen LogP contribution >= 0.6 is 0 Å². The first-order chi connectivity index (χ1) is 15.1. The van der Waals surface area contributed by atoms with Crippen molar-refractivity contribution in [1.29, 1.82) is 0 Å². The Balaban J connectivity index is 1.17. The highest BCUT2D eigenvalue weighted by Gasteiger charge is 2.34. The molecule has 1 unspecified atom stereocenters. The zero-order chi connectivity index (χ0) is 21.6. The second-order valence-electron chi connectivity index (χ2n) is 8.39. The number of likely N-dealkylation sites (tertiary alicyclic amines) is 1. The Labute approximate surface area is 183 Å². The SMILES string of the molecule is O=C(NCCCC(=O)N1CCc2ccccc2C1)C1CC(=O)N(Cc2ccccc2)C1. The lowest BCUT2D eigenvalue weighted by atomic mass is 9.99. The molecule has 0 spiro atoms. The van der Waals surface area contributed by atoms with Crippen molar-refractivity contribution in [2.24, 2.45) is 5.92 Å². The average molecular weight is 420 g/mol. The fraction of sp³-hybridized carbons (Fsp3) is 0.400. The van der Waals surface area contributed by atoms with Crippen LogP contribution in [-0.4, -0.2) is 47.2 Å². The van der Waals surface area contributed by atoms with Crippen molar-refractivity contribution in [2.45, 2.75) is 38.8 Å². The zero-order valence-corrected chi connectivity index (χ0v) is 17.8. The summed E-state index contributed by atoms with van der Waals surface area (Å²) in [6.45, 7) is 2.87. The minimum absolute atomic E-state index is 0.0181. The van der Waals surface area contributed by atoms with Gasteiger partial charge in [0.05, 0.1) is 5.92 Å². The van der Waals surface area contributed by atoms with Crippen LogP contribution < -0.4 is 5.32 Å². The highest BCUT2D eigenvalue weighted by atomic mass is 16.2. The van der Waals surface area contributed by atoms with Crippen LogP contribution in [0, 0.1) is 5.92 Å². The van der Waals surface area contributed by atoms with Crippen molar-refractivity contribution in [3.63, 3.8) is 0 Å². The molecule has 0 aliphatic carbocycles. The third-order valence-electron chi connectivity index (χ3n) is 6.15. The molecule has 162 valence electrons. The number of nitrogens with zero attached hydrogens (tertiary/aromatic N) is 2. The minimum atomic E-state index is -0.314. The van der Waals surface area contributed by atoms with Crippen LogP contribution in [0.2, 0.25) is 0 Å². The van der Waals surface area contributed by atoms with E-state index < -0.39 is 0 Å². The lowest BCUT2D eigenvalue weighted by molar-refractivity contribution is -0.132. The summed E-state index contributed by atoms with van der Waals surface area (Å²) in [5.41, 5.74) is 3.61. The molecule has 2 aromatic carbocycles. The number of amides is 3. The Morgan fingerprint density at radius 3 is 2.55 bits per heavy atom. The van der Waals surface area contributed by atoms with Crippen molar-refractivity contribution in [1.82, 2.24) is 15.1 Å². The number of benzene rings is 2. The number of carbonyl (C=O) groups excluding carboxylic acids is 3. The van der Waals surface area contributed by atoms with Gasteiger partial charge in [0, 0.05) is 45.6 Å². The maximum Gasteiger partial charge on any atom is 0.225 e. The summed E-state index contributed by atoms with van der Waals surface area (Å²) in [6, 6.07) is 18.1. The van der Waals surface area contributed by atoms with Crippen LogP contribution in [0.5, 0.6) is 0 Å². The van der Waals surface area contributed by atoms with Crippen molar-refractivity contribution in [3.05, 3.63) is 71.3 Å². The lowest BCUT2D eigenvalue weighted by Gasteiger charge is -2.29. The maximum absolute atomic E-state index is 12.5. The smallest absolute Gasteiger partial charge is 0.225 e. The Hall–Kier alpha value is -3.15. The Bertz CT molecular complexity index is 944. The van der Waals surface area contributed by atoms with Crippen LogP contribution in [0.1, 0.15) is 36.0 Å². The van der Waals surface area contributed by atoms with Crippen LogP contribution in [0.25, 0.3) is 0 Å². The number of rotatable bonds is 7. The van der Waals surface area contributed by atoms with Gasteiger partial charge in [0.15, 0.2) is 0 Å². The fourth-order valence-corrected chi connectivity index (χ4v) is 4.37. The quantitative estimate of drug-likeness (QED) is 0.701. The van der Waals surface area contributed by atoms with E-state index >= 15 is 0 Å². The van der Waals surface area contributed by atoms with E-state index in [2.05, 4.69) is 17.4 Å². The number of hydrogen-bond donors (Lipinski definition) is 1. The maximum atomic E-state index is 12.5. The van der Waals surface area contributed by atoms with E-state index in [9.17, 15) is 14.4 Å². The van der Waals surface area contributed by atoms with E-state index in [4.69, 9.17) is 0 Å². The predicted molar refractivity (Wildman–Crippen MR) is 118 cm³/mol. The molecule has 1 saturated heterocycles. The number of hydrogen-bond acceptors (Lipinski definition) is 3. The highest BCUT2D eigenvalue weighted by Crippen LogP contribution is 2.21. The number of carbonyl (C=O) groups is 3. The standard InChI is InChI=1S/C25H29N3O3/c29-23(27-14-12-20-9-4-5-10-21(20)17-27)11-6-13-26-25(31)22-15-24(30)28(18-22)16-19-7-2-1-3-8-19/h1-5,7-10,22H,6,11-18H2,(H,26,31). The summed E-state index contributed by atoms with van der Waals surface area (Å²) in [4.78, 5) is 40.9. The first-order valence-electron chi connectivity index (χ1n) is 11.0. The third-order valence-corrected chi connectivity index (χ3v) is 6.15. The summed E-state index contributed by atoms with van der Waals surface area (Å²) in [5.74, 6) is -0.257. The van der Waals surface area contributed by atoms with E-state index in [1.165, 1.54) is 11.1 Å². The molecule has 0 radical (unpaired) electrons. The van der Waals surface area contributed by atoms with Gasteiger partial charge in [0.2, 0.25) is 17.7 Å². The molecule has 0 saturated carbocycles. The molecular formula is C25H29N3O3.